The van der Waals surface area contributed by atoms with Crippen molar-refractivity contribution >= 4 is 38.7 Å². The van der Waals surface area contributed by atoms with E-state index in [2.05, 4.69) is 32.3 Å². The first-order valence-corrected chi connectivity index (χ1v) is 17.4. The molecule has 5 aliphatic rings. The van der Waals surface area contributed by atoms with Gasteiger partial charge in [-0.05, 0) is 66.8 Å². The molecule has 1 N–H and O–H groups in total. The summed E-state index contributed by atoms with van der Waals surface area (Å²) in [5.74, 6) is -0.378. The highest BCUT2D eigenvalue weighted by molar-refractivity contribution is 7.91. The van der Waals surface area contributed by atoms with E-state index in [9.17, 15) is 26.4 Å². The van der Waals surface area contributed by atoms with Crippen LogP contribution in [0, 0.1) is 0 Å². The number of anilines is 2. The Hall–Kier alpha value is -3.07. The number of sulfone groups is 1. The maximum atomic E-state index is 14.2. The zero-order valence-electron chi connectivity index (χ0n) is 23.7. The summed E-state index contributed by atoms with van der Waals surface area (Å²) in [6.45, 7) is 3.34. The van der Waals surface area contributed by atoms with Crippen molar-refractivity contribution in [3.8, 4) is 10.6 Å². The second-order valence-corrected chi connectivity index (χ2v) is 15.5. The van der Waals surface area contributed by atoms with Crippen LogP contribution in [0.1, 0.15) is 63.5 Å². The van der Waals surface area contributed by atoms with Crippen molar-refractivity contribution in [1.82, 2.24) is 19.8 Å². The highest BCUT2D eigenvalue weighted by Crippen LogP contribution is 2.47. The Kier molecular flexibility index (Phi) is 6.60. The summed E-state index contributed by atoms with van der Waals surface area (Å²) in [7, 11) is -3.87. The first-order chi connectivity index (χ1) is 21.0. The second-order valence-electron chi connectivity index (χ2n) is 12.3. The lowest BCUT2D eigenvalue weighted by Gasteiger charge is -2.40. The maximum Gasteiger partial charge on any atom is 0.420 e. The van der Waals surface area contributed by atoms with Crippen molar-refractivity contribution in [2.24, 2.45) is 0 Å². The van der Waals surface area contributed by atoms with Gasteiger partial charge in [0.2, 0.25) is 5.95 Å². The first kappa shape index (κ1) is 28.4. The van der Waals surface area contributed by atoms with E-state index < -0.39 is 33.2 Å². The molecule has 1 saturated heterocycles. The van der Waals surface area contributed by atoms with Crippen molar-refractivity contribution < 1.29 is 31.1 Å². The van der Waals surface area contributed by atoms with Crippen LogP contribution in [-0.2, 0) is 33.7 Å². The van der Waals surface area contributed by atoms with Crippen LogP contribution in [0.4, 0.5) is 24.8 Å². The van der Waals surface area contributed by atoms with Crippen LogP contribution in [0.15, 0.2) is 29.3 Å². The van der Waals surface area contributed by atoms with Crippen LogP contribution in [0.5, 0.6) is 0 Å². The largest absolute Gasteiger partial charge is 0.420 e. The topological polar surface area (TPSA) is 105 Å². The van der Waals surface area contributed by atoms with Gasteiger partial charge in [-0.2, -0.15) is 13.2 Å². The van der Waals surface area contributed by atoms with Gasteiger partial charge in [0.1, 0.15) is 10.4 Å². The van der Waals surface area contributed by atoms with Crippen molar-refractivity contribution in [2.75, 3.05) is 37.4 Å². The second kappa shape index (κ2) is 10.2. The SMILES string of the molecule is O=C1c2sc(-c3nc(Nc4cc5c(cc4C4CC4)CN(C4COC4)CC5)ncc3C(F)(F)F)cc2S(=O)(=O)CCN1C1CC1. The van der Waals surface area contributed by atoms with Crippen molar-refractivity contribution in [3.05, 3.63) is 51.5 Å². The fraction of sp³-hybridized carbons (Fsp3) is 0.500. The molecule has 232 valence electrons. The predicted octanol–water partition coefficient (Wildman–Crippen LogP) is 4.99. The van der Waals surface area contributed by atoms with E-state index in [-0.39, 0.29) is 38.9 Å². The molecule has 1 amide bonds. The minimum atomic E-state index is -4.79. The number of fused-ring (bicyclic) bond motifs is 2. The van der Waals surface area contributed by atoms with Gasteiger partial charge in [-0.25, -0.2) is 18.4 Å². The summed E-state index contributed by atoms with van der Waals surface area (Å²) in [6.07, 6.45) is 0.444. The number of aromatic nitrogens is 2. The average Bonchev–Trinajstić information content (AvgIpc) is 3.89. The smallest absolute Gasteiger partial charge is 0.378 e. The molecule has 44 heavy (non-hydrogen) atoms. The number of hydrogen-bond donors (Lipinski definition) is 1. The Morgan fingerprint density at radius 1 is 1.02 bits per heavy atom. The van der Waals surface area contributed by atoms with Crippen LogP contribution in [0.3, 0.4) is 0 Å². The quantitative estimate of drug-likeness (QED) is 0.400. The lowest BCUT2D eigenvalue weighted by atomic mass is 9.93. The van der Waals surface area contributed by atoms with Gasteiger partial charge in [0.05, 0.1) is 40.5 Å². The summed E-state index contributed by atoms with van der Waals surface area (Å²) in [5.41, 5.74) is 2.79. The summed E-state index contributed by atoms with van der Waals surface area (Å²) < 4.78 is 74.3. The number of benzene rings is 1. The molecule has 0 bridgehead atoms. The first-order valence-electron chi connectivity index (χ1n) is 14.9. The molecule has 3 fully saturated rings. The van der Waals surface area contributed by atoms with Gasteiger partial charge in [0.15, 0.2) is 9.84 Å². The molecule has 9 nitrogen and oxygen atoms in total. The molecule has 2 aromatic heterocycles. The Labute approximate surface area is 256 Å². The number of hydrogen-bond acceptors (Lipinski definition) is 9. The average molecular weight is 646 g/mol. The van der Waals surface area contributed by atoms with E-state index in [1.165, 1.54) is 22.1 Å². The number of nitrogens with one attached hydrogen (secondary N) is 1. The van der Waals surface area contributed by atoms with Crippen molar-refractivity contribution in [3.63, 3.8) is 0 Å². The molecule has 14 heteroatoms. The fourth-order valence-electron chi connectivity index (χ4n) is 6.36. The third-order valence-electron chi connectivity index (χ3n) is 9.22. The van der Waals surface area contributed by atoms with Crippen LogP contribution in [0.25, 0.3) is 10.6 Å². The molecule has 0 spiro atoms. The van der Waals surface area contributed by atoms with Gasteiger partial charge < -0.3 is 15.0 Å². The molecular weight excluding hydrogens is 615 g/mol. The zero-order chi connectivity index (χ0) is 30.4. The van der Waals surface area contributed by atoms with E-state index in [0.717, 1.165) is 87.2 Å². The molecule has 5 heterocycles. The summed E-state index contributed by atoms with van der Waals surface area (Å²) >= 11 is 0.750. The highest BCUT2D eigenvalue weighted by atomic mass is 32.2. The summed E-state index contributed by atoms with van der Waals surface area (Å²) in [4.78, 5) is 25.4. The minimum absolute atomic E-state index is 0.0173. The molecule has 0 radical (unpaired) electrons. The normalized spacial score (nSPS) is 22.2. The zero-order valence-corrected chi connectivity index (χ0v) is 25.3. The van der Waals surface area contributed by atoms with Crippen LogP contribution in [0.2, 0.25) is 0 Å². The van der Waals surface area contributed by atoms with E-state index in [1.807, 2.05) is 0 Å². The van der Waals surface area contributed by atoms with E-state index in [0.29, 0.717) is 12.0 Å². The van der Waals surface area contributed by atoms with Crippen LogP contribution >= 0.6 is 11.3 Å². The number of carbonyl (C=O) groups is 1. The van der Waals surface area contributed by atoms with Gasteiger partial charge >= 0.3 is 6.18 Å². The number of thiophene rings is 1. The molecule has 3 aromatic rings. The monoisotopic (exact) mass is 645 g/mol. The molecule has 1 aromatic carbocycles. The number of amides is 1. The standard InChI is InChI=1S/C30H30F3N5O4S2/c31-30(32,33)22-12-34-29(35-23-10-17-5-6-37(20-14-42-15-20)13-18(17)9-21(23)16-1-2-16)36-26(22)24-11-25-27(43-24)28(39)38(19-3-4-19)7-8-44(25,40)41/h9-12,16,19-20H,1-8,13-15H2,(H,34,35,36). The Balaban J connectivity index is 1.17. The van der Waals surface area contributed by atoms with E-state index in [1.54, 1.807) is 0 Å². The third-order valence-corrected chi connectivity index (χ3v) is 12.2. The molecule has 3 aliphatic heterocycles. The maximum absolute atomic E-state index is 14.2. The number of rotatable bonds is 6. The fourth-order valence-corrected chi connectivity index (χ4v) is 9.28. The number of alkyl halides is 3. The third kappa shape index (κ3) is 5.09. The van der Waals surface area contributed by atoms with Gasteiger partial charge in [0.25, 0.3) is 5.91 Å². The predicted molar refractivity (Wildman–Crippen MR) is 157 cm³/mol. The molecule has 2 aliphatic carbocycles. The van der Waals surface area contributed by atoms with Crippen molar-refractivity contribution in [2.45, 2.75) is 67.7 Å². The van der Waals surface area contributed by atoms with E-state index in [4.69, 9.17) is 4.74 Å². The van der Waals surface area contributed by atoms with Gasteiger partial charge in [-0.1, -0.05) is 6.07 Å². The van der Waals surface area contributed by atoms with E-state index >= 15 is 0 Å². The van der Waals surface area contributed by atoms with Crippen LogP contribution < -0.4 is 5.32 Å². The minimum Gasteiger partial charge on any atom is -0.378 e. The number of carbonyl (C=O) groups excluding carboxylic acids is 1. The summed E-state index contributed by atoms with van der Waals surface area (Å²) in [5, 5.41) is 3.20. The highest BCUT2D eigenvalue weighted by Gasteiger charge is 2.42. The number of nitrogens with zero attached hydrogens (tertiary/aromatic N) is 4. The van der Waals surface area contributed by atoms with Crippen molar-refractivity contribution in [1.29, 1.82) is 0 Å². The van der Waals surface area contributed by atoms with Gasteiger partial charge in [0, 0.05) is 37.6 Å². The molecule has 0 unspecified atom stereocenters. The van der Waals surface area contributed by atoms with Crippen LogP contribution in [-0.4, -0.2) is 78.2 Å². The Morgan fingerprint density at radius 2 is 1.82 bits per heavy atom. The summed E-state index contributed by atoms with van der Waals surface area (Å²) in [6, 6.07) is 5.88. The Morgan fingerprint density at radius 3 is 2.50 bits per heavy atom. The lowest BCUT2D eigenvalue weighted by molar-refractivity contribution is -0.137. The Bertz CT molecular complexity index is 1780. The molecule has 8 rings (SSSR count). The van der Waals surface area contributed by atoms with Gasteiger partial charge in [-0.15, -0.1) is 11.3 Å². The lowest BCUT2D eigenvalue weighted by Crippen LogP contribution is -2.50. The molecular formula is C30H30F3N5O4S2. The molecule has 0 atom stereocenters. The number of halogens is 3. The number of ether oxygens (including phenoxy) is 1. The van der Waals surface area contributed by atoms with Gasteiger partial charge in [-0.3, -0.25) is 9.69 Å². The molecule has 2 saturated carbocycles.